The Labute approximate surface area is 333 Å². The number of halogens is 2. The van der Waals surface area contributed by atoms with Crippen molar-refractivity contribution in [3.8, 4) is 22.5 Å². The van der Waals surface area contributed by atoms with E-state index in [0.717, 1.165) is 17.4 Å². The van der Waals surface area contributed by atoms with Gasteiger partial charge >= 0.3 is 0 Å². The van der Waals surface area contributed by atoms with E-state index < -0.39 is 49.2 Å². The molecular weight excluding hydrogens is 783 g/mol. The van der Waals surface area contributed by atoms with Gasteiger partial charge in [-0.05, 0) is 67.9 Å². The molecule has 0 bridgehead atoms. The summed E-state index contributed by atoms with van der Waals surface area (Å²) in [6.07, 6.45) is 2.22. The average Bonchev–Trinajstić information content (AvgIpc) is 3.45. The lowest BCUT2D eigenvalue weighted by Crippen LogP contribution is -2.33. The minimum Gasteiger partial charge on any atom is -0.324 e. The third kappa shape index (κ3) is 7.37. The van der Waals surface area contributed by atoms with Gasteiger partial charge in [0.2, 0.25) is 0 Å². The predicted octanol–water partition coefficient (Wildman–Crippen LogP) is 8.27. The minimum atomic E-state index is -3.65. The number of benzene rings is 5. The highest BCUT2D eigenvalue weighted by Crippen LogP contribution is 2.39. The Morgan fingerprint density at radius 2 is 0.931 bits per heavy atom. The quantitative estimate of drug-likeness (QED) is 0.156. The van der Waals surface area contributed by atoms with E-state index >= 15 is 0 Å². The molecule has 0 fully saturated rings. The van der Waals surface area contributed by atoms with Gasteiger partial charge in [0.1, 0.15) is 22.7 Å². The van der Waals surface area contributed by atoms with Crippen LogP contribution in [0.2, 0.25) is 0 Å². The van der Waals surface area contributed by atoms with Crippen molar-refractivity contribution in [1.29, 1.82) is 0 Å². The fraction of sp³-hybridized carbons (Fsp3) is 0.136. The van der Waals surface area contributed by atoms with Gasteiger partial charge in [-0.25, -0.2) is 35.6 Å². The number of para-hydroxylation sites is 2. The summed E-state index contributed by atoms with van der Waals surface area (Å²) in [7, 11) is -7.12. The van der Waals surface area contributed by atoms with E-state index in [9.17, 15) is 35.2 Å². The molecule has 294 valence electrons. The summed E-state index contributed by atoms with van der Waals surface area (Å²) >= 11 is 0. The lowest BCUT2D eigenvalue weighted by atomic mass is 9.97. The molecule has 3 heterocycles. The number of fused-ring (bicyclic) bond motifs is 3. The second-order valence-electron chi connectivity index (χ2n) is 14.0. The van der Waals surface area contributed by atoms with Crippen molar-refractivity contribution in [3.05, 3.63) is 155 Å². The number of nitrogens with zero attached hydrogens (tertiary/aromatic N) is 3. The van der Waals surface area contributed by atoms with Crippen LogP contribution in [0.15, 0.2) is 131 Å². The number of carbonyl (C=O) groups excluding carboxylic acids is 2. The highest BCUT2D eigenvalue weighted by atomic mass is 32.2. The maximum atomic E-state index is 14.7. The molecule has 1 aliphatic rings. The van der Waals surface area contributed by atoms with Gasteiger partial charge in [-0.15, -0.1) is 0 Å². The standard InChI is InChI=1S/C26H19FN2O4S.C18H17FN2O2S/c1-15(29-25(30)17-9-3-4-10-18(17)26(29)31)20-14-16-8-7-12-21(27)23(16)28-24(20)19-11-5-6-13-22(19)34(2,32)33;1-11(20)14-10-12-6-5-8-15(19)17(12)21-18(14)13-7-3-4-9-16(13)24(2,22)23/h3-15H,1-2H3;3-11H,20H2,1-2H3/t15-;11-/m00/s1. The van der Waals surface area contributed by atoms with Crippen LogP contribution >= 0.6 is 0 Å². The predicted molar refractivity (Wildman–Crippen MR) is 218 cm³/mol. The van der Waals surface area contributed by atoms with E-state index in [1.165, 1.54) is 24.3 Å². The molecular formula is C44H36F2N4O6S2. The second kappa shape index (κ2) is 15.3. The van der Waals surface area contributed by atoms with Gasteiger partial charge in [0.25, 0.3) is 11.8 Å². The number of rotatable bonds is 7. The third-order valence-corrected chi connectivity index (χ3v) is 12.2. The number of imide groups is 1. The lowest BCUT2D eigenvalue weighted by Gasteiger charge is -2.25. The molecule has 0 unspecified atom stereocenters. The fourth-order valence-corrected chi connectivity index (χ4v) is 8.90. The number of hydrogen-bond acceptors (Lipinski definition) is 9. The molecule has 5 aromatic carbocycles. The summed E-state index contributed by atoms with van der Waals surface area (Å²) in [5, 5.41) is 1.10. The van der Waals surface area contributed by atoms with E-state index in [1.807, 2.05) is 0 Å². The van der Waals surface area contributed by atoms with Gasteiger partial charge in [-0.3, -0.25) is 14.5 Å². The van der Waals surface area contributed by atoms with Crippen LogP contribution in [0.1, 0.15) is 57.8 Å². The van der Waals surface area contributed by atoms with Gasteiger partial charge in [-0.1, -0.05) is 72.8 Å². The van der Waals surface area contributed by atoms with Crippen molar-refractivity contribution in [2.24, 2.45) is 5.73 Å². The Kier molecular flexibility index (Phi) is 10.5. The van der Waals surface area contributed by atoms with E-state index in [1.54, 1.807) is 111 Å². The zero-order chi connectivity index (χ0) is 41.7. The van der Waals surface area contributed by atoms with Gasteiger partial charge in [0.15, 0.2) is 19.7 Å². The van der Waals surface area contributed by atoms with Crippen molar-refractivity contribution in [1.82, 2.24) is 14.9 Å². The molecule has 7 aromatic rings. The normalized spacial score (nSPS) is 13.9. The number of hydrogen-bond donors (Lipinski definition) is 1. The Morgan fingerprint density at radius 1 is 0.552 bits per heavy atom. The Bertz CT molecular complexity index is 3010. The van der Waals surface area contributed by atoms with E-state index in [-0.39, 0.29) is 38.1 Å². The highest BCUT2D eigenvalue weighted by Gasteiger charge is 2.40. The molecule has 2 aromatic heterocycles. The van der Waals surface area contributed by atoms with Crippen molar-refractivity contribution in [3.63, 3.8) is 0 Å². The second-order valence-corrected chi connectivity index (χ2v) is 18.0. The van der Waals surface area contributed by atoms with Crippen LogP contribution in [0.25, 0.3) is 44.3 Å². The maximum absolute atomic E-state index is 14.7. The van der Waals surface area contributed by atoms with Crippen molar-refractivity contribution in [2.45, 2.75) is 35.7 Å². The maximum Gasteiger partial charge on any atom is 0.262 e. The Hall–Kier alpha value is -6.22. The van der Waals surface area contributed by atoms with Gasteiger partial charge in [0.05, 0.1) is 38.3 Å². The van der Waals surface area contributed by atoms with Crippen LogP contribution < -0.4 is 5.73 Å². The Balaban J connectivity index is 0.000000188. The van der Waals surface area contributed by atoms with Crippen LogP contribution in [0.5, 0.6) is 0 Å². The molecule has 14 heteroatoms. The molecule has 2 N–H and O–H groups in total. The topological polar surface area (TPSA) is 157 Å². The van der Waals surface area contributed by atoms with Crippen molar-refractivity contribution in [2.75, 3.05) is 12.5 Å². The molecule has 8 rings (SSSR count). The van der Waals surface area contributed by atoms with Gasteiger partial charge in [-0.2, -0.15) is 0 Å². The molecule has 10 nitrogen and oxygen atoms in total. The molecule has 0 spiro atoms. The highest BCUT2D eigenvalue weighted by molar-refractivity contribution is 7.91. The summed E-state index contributed by atoms with van der Waals surface area (Å²) < 4.78 is 78.1. The number of carbonyl (C=O) groups is 2. The first-order valence-corrected chi connectivity index (χ1v) is 21.8. The van der Waals surface area contributed by atoms with Gasteiger partial charge < -0.3 is 5.73 Å². The molecule has 0 saturated heterocycles. The summed E-state index contributed by atoms with van der Waals surface area (Å²) in [5.41, 5.74) is 9.32. The van der Waals surface area contributed by atoms with Crippen LogP contribution in [0.4, 0.5) is 8.78 Å². The van der Waals surface area contributed by atoms with Crippen LogP contribution in [0, 0.1) is 11.6 Å². The summed E-state index contributed by atoms with van der Waals surface area (Å²) in [5.74, 6) is -1.91. The zero-order valence-electron chi connectivity index (χ0n) is 31.6. The molecule has 0 saturated carbocycles. The first kappa shape index (κ1) is 40.0. The number of aromatic nitrogens is 2. The number of amides is 2. The van der Waals surface area contributed by atoms with E-state index in [0.29, 0.717) is 44.3 Å². The molecule has 58 heavy (non-hydrogen) atoms. The average molecular weight is 819 g/mol. The number of pyridine rings is 2. The largest absolute Gasteiger partial charge is 0.324 e. The summed E-state index contributed by atoms with van der Waals surface area (Å²) in [4.78, 5) is 36.5. The first-order chi connectivity index (χ1) is 27.5. The van der Waals surface area contributed by atoms with Crippen LogP contribution in [0.3, 0.4) is 0 Å². The smallest absolute Gasteiger partial charge is 0.262 e. The van der Waals surface area contributed by atoms with E-state index in [2.05, 4.69) is 9.97 Å². The Morgan fingerprint density at radius 3 is 1.34 bits per heavy atom. The molecule has 2 amide bonds. The summed E-state index contributed by atoms with van der Waals surface area (Å²) in [6.45, 7) is 3.46. The zero-order valence-corrected chi connectivity index (χ0v) is 33.3. The summed E-state index contributed by atoms with van der Waals surface area (Å²) in [6, 6.07) is 30.8. The molecule has 0 radical (unpaired) electrons. The van der Waals surface area contributed by atoms with Crippen LogP contribution in [-0.2, 0) is 19.7 Å². The molecule has 1 aliphatic heterocycles. The number of nitrogens with two attached hydrogens (primary N) is 1. The SMILES string of the molecule is C[C@@H](c1cc2cccc(F)c2nc1-c1ccccc1S(C)(=O)=O)N1C(=O)c2ccccc2C1=O.C[C@H](N)c1cc2cccc(F)c2nc1-c1ccccc1S(C)(=O)=O. The fourth-order valence-electron chi connectivity index (χ4n) is 7.12. The third-order valence-electron chi connectivity index (χ3n) is 9.89. The first-order valence-electron chi connectivity index (χ1n) is 18.0. The monoisotopic (exact) mass is 818 g/mol. The number of sulfone groups is 2. The van der Waals surface area contributed by atoms with Crippen molar-refractivity contribution >= 4 is 53.3 Å². The van der Waals surface area contributed by atoms with Crippen molar-refractivity contribution < 1.29 is 35.2 Å². The molecule has 0 aliphatic carbocycles. The van der Waals surface area contributed by atoms with Gasteiger partial charge in [0, 0.05) is 46.0 Å². The molecule has 2 atom stereocenters. The lowest BCUT2D eigenvalue weighted by molar-refractivity contribution is 0.0595. The minimum absolute atomic E-state index is 0.0222. The van der Waals surface area contributed by atoms with Crippen LogP contribution in [-0.4, -0.2) is 56.0 Å². The van der Waals surface area contributed by atoms with E-state index in [4.69, 9.17) is 5.73 Å².